The van der Waals surface area contributed by atoms with Crippen molar-refractivity contribution in [1.82, 2.24) is 4.90 Å². The van der Waals surface area contributed by atoms with E-state index in [9.17, 15) is 18.0 Å². The van der Waals surface area contributed by atoms with Crippen LogP contribution in [0.25, 0.3) is 0 Å². The first-order chi connectivity index (χ1) is 9.93. The summed E-state index contributed by atoms with van der Waals surface area (Å²) in [5.74, 6) is -4.90. The molecule has 1 aliphatic rings. The van der Waals surface area contributed by atoms with Gasteiger partial charge in [-0.1, -0.05) is 5.16 Å². The van der Waals surface area contributed by atoms with Gasteiger partial charge in [-0.25, -0.2) is 13.2 Å². The summed E-state index contributed by atoms with van der Waals surface area (Å²) in [4.78, 5) is 13.2. The number of hydrogen-bond donors (Lipinski definition) is 2. The second kappa shape index (κ2) is 6.00. The maximum Gasteiger partial charge on any atom is 0.260 e. The Bertz CT molecular complexity index is 571. The normalized spacial score (nSPS) is 19.7. The molecule has 6 nitrogen and oxygen atoms in total. The van der Waals surface area contributed by atoms with E-state index in [4.69, 9.17) is 15.7 Å². The highest BCUT2D eigenvalue weighted by Gasteiger charge is 2.30. The maximum atomic E-state index is 13.6. The molecular formula is C12H12F3N3O3. The maximum absolute atomic E-state index is 13.6. The SMILES string of the molecule is NC(=NO)C1CN(C(=O)c2c(F)cc(F)cc2F)CCO1. The zero-order valence-corrected chi connectivity index (χ0v) is 10.7. The highest BCUT2D eigenvalue weighted by molar-refractivity contribution is 5.95. The number of hydrogen-bond acceptors (Lipinski definition) is 4. The Labute approximate surface area is 117 Å². The molecular weight excluding hydrogens is 291 g/mol. The van der Waals surface area contributed by atoms with Gasteiger partial charge >= 0.3 is 0 Å². The fourth-order valence-electron chi connectivity index (χ4n) is 1.98. The van der Waals surface area contributed by atoms with Crippen LogP contribution in [0, 0.1) is 17.5 Å². The number of benzene rings is 1. The third-order valence-corrected chi connectivity index (χ3v) is 3.02. The average Bonchev–Trinajstić information content (AvgIpc) is 2.45. The number of amides is 1. The van der Waals surface area contributed by atoms with Crippen LogP contribution in [0.4, 0.5) is 13.2 Å². The minimum absolute atomic E-state index is 0.0526. The van der Waals surface area contributed by atoms with Crippen molar-refractivity contribution >= 4 is 11.7 Å². The van der Waals surface area contributed by atoms with Crippen molar-refractivity contribution in [2.75, 3.05) is 19.7 Å². The molecule has 2 rings (SSSR count). The van der Waals surface area contributed by atoms with Gasteiger partial charge in [0.05, 0.1) is 13.2 Å². The second-order valence-electron chi connectivity index (χ2n) is 4.38. The number of ether oxygens (including phenoxy) is 1. The number of rotatable bonds is 2. The molecule has 1 amide bonds. The van der Waals surface area contributed by atoms with Crippen molar-refractivity contribution in [2.45, 2.75) is 6.10 Å². The molecule has 1 aromatic rings. The summed E-state index contributed by atoms with van der Waals surface area (Å²) in [6.07, 6.45) is -0.876. The summed E-state index contributed by atoms with van der Waals surface area (Å²) in [5, 5.41) is 11.3. The summed E-state index contributed by atoms with van der Waals surface area (Å²) in [6.45, 7) is -0.00760. The van der Waals surface area contributed by atoms with E-state index >= 15 is 0 Å². The standard InChI is InChI=1S/C12H12F3N3O3/c13-6-3-7(14)10(8(15)4-6)12(19)18-1-2-21-9(5-18)11(16)17-20/h3-4,9,20H,1-2,5H2,(H2,16,17). The van der Waals surface area contributed by atoms with E-state index in [1.54, 1.807) is 0 Å². The summed E-state index contributed by atoms with van der Waals surface area (Å²) in [7, 11) is 0. The van der Waals surface area contributed by atoms with Crippen LogP contribution in [0.2, 0.25) is 0 Å². The lowest BCUT2D eigenvalue weighted by molar-refractivity contribution is 0.00630. The number of morpholine rings is 1. The van der Waals surface area contributed by atoms with Crippen molar-refractivity contribution in [2.24, 2.45) is 10.9 Å². The van der Waals surface area contributed by atoms with Crippen LogP contribution in [0.15, 0.2) is 17.3 Å². The second-order valence-corrected chi connectivity index (χ2v) is 4.38. The van der Waals surface area contributed by atoms with Crippen LogP contribution in [0.1, 0.15) is 10.4 Å². The quantitative estimate of drug-likeness (QED) is 0.364. The molecule has 9 heteroatoms. The van der Waals surface area contributed by atoms with Gasteiger partial charge in [0, 0.05) is 18.7 Å². The Hall–Kier alpha value is -2.29. The zero-order valence-electron chi connectivity index (χ0n) is 10.7. The van der Waals surface area contributed by atoms with Crippen LogP contribution in [0.3, 0.4) is 0 Å². The van der Waals surface area contributed by atoms with E-state index in [0.29, 0.717) is 12.1 Å². The third kappa shape index (κ3) is 3.07. The molecule has 1 aliphatic heterocycles. The van der Waals surface area contributed by atoms with Gasteiger partial charge in [0.1, 0.15) is 29.1 Å². The fraction of sp³-hybridized carbons (Fsp3) is 0.333. The van der Waals surface area contributed by atoms with Crippen molar-refractivity contribution in [3.8, 4) is 0 Å². The first-order valence-electron chi connectivity index (χ1n) is 5.97. The topological polar surface area (TPSA) is 88.2 Å². The van der Waals surface area contributed by atoms with Crippen molar-refractivity contribution in [3.63, 3.8) is 0 Å². The first-order valence-corrected chi connectivity index (χ1v) is 5.97. The molecule has 1 aromatic carbocycles. The van der Waals surface area contributed by atoms with Gasteiger partial charge in [-0.3, -0.25) is 4.79 Å². The minimum Gasteiger partial charge on any atom is -0.409 e. The van der Waals surface area contributed by atoms with E-state index in [-0.39, 0.29) is 25.5 Å². The molecule has 1 heterocycles. The molecule has 1 atom stereocenters. The van der Waals surface area contributed by atoms with Gasteiger partial charge in [0.15, 0.2) is 5.84 Å². The lowest BCUT2D eigenvalue weighted by atomic mass is 10.1. The van der Waals surface area contributed by atoms with Crippen molar-refractivity contribution in [1.29, 1.82) is 0 Å². The Balaban J connectivity index is 2.24. The van der Waals surface area contributed by atoms with Crippen LogP contribution in [-0.4, -0.2) is 47.7 Å². The Kier molecular flexibility index (Phi) is 4.32. The molecule has 0 spiro atoms. The predicted molar refractivity (Wildman–Crippen MR) is 65.4 cm³/mol. The van der Waals surface area contributed by atoms with E-state index in [1.165, 1.54) is 0 Å². The number of oxime groups is 1. The van der Waals surface area contributed by atoms with E-state index in [1.807, 2.05) is 0 Å². The van der Waals surface area contributed by atoms with Gasteiger partial charge in [0.25, 0.3) is 5.91 Å². The number of carbonyl (C=O) groups excluding carboxylic acids is 1. The van der Waals surface area contributed by atoms with Crippen LogP contribution < -0.4 is 5.73 Å². The molecule has 0 aromatic heterocycles. The largest absolute Gasteiger partial charge is 0.409 e. The summed E-state index contributed by atoms with van der Waals surface area (Å²) >= 11 is 0. The average molecular weight is 303 g/mol. The third-order valence-electron chi connectivity index (χ3n) is 3.02. The van der Waals surface area contributed by atoms with Crippen LogP contribution >= 0.6 is 0 Å². The predicted octanol–water partition coefficient (Wildman–Crippen LogP) is 0.691. The van der Waals surface area contributed by atoms with E-state index in [0.717, 1.165) is 4.90 Å². The van der Waals surface area contributed by atoms with Crippen molar-refractivity contribution in [3.05, 3.63) is 35.1 Å². The molecule has 1 fully saturated rings. The lowest BCUT2D eigenvalue weighted by Gasteiger charge is -2.32. The highest BCUT2D eigenvalue weighted by atomic mass is 19.1. The number of nitrogens with zero attached hydrogens (tertiary/aromatic N) is 2. The summed E-state index contributed by atoms with van der Waals surface area (Å²) < 4.78 is 45.2. The summed E-state index contributed by atoms with van der Waals surface area (Å²) in [5.41, 5.74) is 4.52. The Morgan fingerprint density at radius 3 is 2.57 bits per heavy atom. The number of halogens is 3. The smallest absolute Gasteiger partial charge is 0.260 e. The van der Waals surface area contributed by atoms with E-state index < -0.39 is 35.0 Å². The van der Waals surface area contributed by atoms with Gasteiger partial charge in [-0.05, 0) is 0 Å². The van der Waals surface area contributed by atoms with E-state index in [2.05, 4.69) is 5.16 Å². The lowest BCUT2D eigenvalue weighted by Crippen LogP contribution is -2.50. The molecule has 0 saturated carbocycles. The first kappa shape index (κ1) is 15.1. The fourth-order valence-corrected chi connectivity index (χ4v) is 1.98. The molecule has 0 bridgehead atoms. The molecule has 114 valence electrons. The summed E-state index contributed by atoms with van der Waals surface area (Å²) in [6, 6.07) is 0.857. The molecule has 0 aliphatic carbocycles. The van der Waals surface area contributed by atoms with Crippen LogP contribution in [-0.2, 0) is 4.74 Å². The number of carbonyl (C=O) groups is 1. The highest BCUT2D eigenvalue weighted by Crippen LogP contribution is 2.18. The van der Waals surface area contributed by atoms with Gasteiger partial charge in [-0.2, -0.15) is 0 Å². The Morgan fingerprint density at radius 2 is 2.00 bits per heavy atom. The van der Waals surface area contributed by atoms with Gasteiger partial charge in [-0.15, -0.1) is 0 Å². The molecule has 21 heavy (non-hydrogen) atoms. The zero-order chi connectivity index (χ0) is 15.6. The molecule has 3 N–H and O–H groups in total. The Morgan fingerprint density at radius 1 is 1.38 bits per heavy atom. The monoisotopic (exact) mass is 303 g/mol. The van der Waals surface area contributed by atoms with Crippen LogP contribution in [0.5, 0.6) is 0 Å². The van der Waals surface area contributed by atoms with Gasteiger partial charge < -0.3 is 20.6 Å². The van der Waals surface area contributed by atoms with Gasteiger partial charge in [0.2, 0.25) is 0 Å². The van der Waals surface area contributed by atoms with Crippen molar-refractivity contribution < 1.29 is 27.9 Å². The molecule has 0 radical (unpaired) electrons. The number of nitrogens with two attached hydrogens (primary N) is 1. The molecule has 1 unspecified atom stereocenters. The molecule has 1 saturated heterocycles. The minimum atomic E-state index is -1.29. The number of amidine groups is 1.